The second kappa shape index (κ2) is 8.40. The van der Waals surface area contributed by atoms with Crippen LogP contribution >= 0.6 is 0 Å². The van der Waals surface area contributed by atoms with Crippen molar-refractivity contribution in [1.82, 2.24) is 5.32 Å². The lowest BCUT2D eigenvalue weighted by molar-refractivity contribution is 0.0526. The molecule has 21 heavy (non-hydrogen) atoms. The van der Waals surface area contributed by atoms with E-state index in [0.717, 1.165) is 32.8 Å². The van der Waals surface area contributed by atoms with Gasteiger partial charge in [-0.3, -0.25) is 0 Å². The summed E-state index contributed by atoms with van der Waals surface area (Å²) in [6.45, 7) is 11.6. The van der Waals surface area contributed by atoms with Gasteiger partial charge in [0, 0.05) is 31.9 Å². The summed E-state index contributed by atoms with van der Waals surface area (Å²) in [5, 5.41) is 3.47. The Morgan fingerprint density at radius 3 is 2.90 bits per heavy atom. The molecule has 0 amide bonds. The monoisotopic (exact) mass is 290 g/mol. The zero-order chi connectivity index (χ0) is 15.1. The summed E-state index contributed by atoms with van der Waals surface area (Å²) >= 11 is 0. The number of rotatable bonds is 7. The van der Waals surface area contributed by atoms with Crippen LogP contribution in [0.15, 0.2) is 18.2 Å². The van der Waals surface area contributed by atoms with E-state index >= 15 is 0 Å². The number of ether oxygens (including phenoxy) is 1. The van der Waals surface area contributed by atoms with Crippen molar-refractivity contribution in [3.05, 3.63) is 29.3 Å². The van der Waals surface area contributed by atoms with Gasteiger partial charge in [-0.1, -0.05) is 19.1 Å². The van der Waals surface area contributed by atoms with Gasteiger partial charge in [0.25, 0.3) is 0 Å². The average Bonchev–Trinajstić information content (AvgIpc) is 2.48. The number of nitrogens with zero attached hydrogens (tertiary/aromatic N) is 1. The summed E-state index contributed by atoms with van der Waals surface area (Å²) in [4.78, 5) is 2.49. The van der Waals surface area contributed by atoms with Gasteiger partial charge in [-0.25, -0.2) is 0 Å². The first-order valence-corrected chi connectivity index (χ1v) is 8.41. The van der Waals surface area contributed by atoms with Gasteiger partial charge < -0.3 is 15.0 Å². The minimum Gasteiger partial charge on any atom is -0.377 e. The molecule has 1 aliphatic rings. The zero-order valence-electron chi connectivity index (χ0n) is 13.8. The van der Waals surface area contributed by atoms with E-state index < -0.39 is 0 Å². The van der Waals surface area contributed by atoms with Gasteiger partial charge in [0.1, 0.15) is 0 Å². The highest BCUT2D eigenvalue weighted by Gasteiger charge is 2.21. The summed E-state index contributed by atoms with van der Waals surface area (Å²) in [6.07, 6.45) is 4.00. The smallest absolute Gasteiger partial charge is 0.0750 e. The molecule has 1 heterocycles. The Bertz CT molecular complexity index is 431. The number of piperidine rings is 1. The molecule has 0 aromatic heterocycles. The molecule has 118 valence electrons. The van der Waals surface area contributed by atoms with Crippen LogP contribution in [0, 0.1) is 6.92 Å². The van der Waals surface area contributed by atoms with Crippen LogP contribution in [0.3, 0.4) is 0 Å². The lowest BCUT2D eigenvalue weighted by Crippen LogP contribution is -2.40. The quantitative estimate of drug-likeness (QED) is 0.778. The van der Waals surface area contributed by atoms with E-state index in [-0.39, 0.29) is 0 Å². The number of benzene rings is 1. The minimum atomic E-state index is 0.397. The van der Waals surface area contributed by atoms with Crippen molar-refractivity contribution in [2.75, 3.05) is 31.1 Å². The first-order chi connectivity index (χ1) is 10.2. The summed E-state index contributed by atoms with van der Waals surface area (Å²) < 4.78 is 5.81. The number of hydrogen-bond acceptors (Lipinski definition) is 3. The first-order valence-electron chi connectivity index (χ1n) is 8.41. The highest BCUT2D eigenvalue weighted by atomic mass is 16.5. The van der Waals surface area contributed by atoms with Crippen LogP contribution in [0.4, 0.5) is 5.69 Å². The molecule has 1 aromatic rings. The van der Waals surface area contributed by atoms with Gasteiger partial charge in [-0.05, 0) is 56.8 Å². The Morgan fingerprint density at radius 1 is 1.33 bits per heavy atom. The SMILES string of the molecule is CCCNCc1ccc(N2CCCC(OCC)C2)c(C)c1. The third-order valence-corrected chi connectivity index (χ3v) is 4.14. The van der Waals surface area contributed by atoms with Gasteiger partial charge in [0.05, 0.1) is 6.10 Å². The topological polar surface area (TPSA) is 24.5 Å². The van der Waals surface area contributed by atoms with Crippen molar-refractivity contribution in [3.63, 3.8) is 0 Å². The van der Waals surface area contributed by atoms with Crippen molar-refractivity contribution in [1.29, 1.82) is 0 Å². The zero-order valence-corrected chi connectivity index (χ0v) is 13.8. The number of anilines is 1. The molecule has 0 spiro atoms. The van der Waals surface area contributed by atoms with E-state index in [4.69, 9.17) is 4.74 Å². The van der Waals surface area contributed by atoms with Crippen LogP contribution in [0.5, 0.6) is 0 Å². The lowest BCUT2D eigenvalue weighted by atomic mass is 10.0. The van der Waals surface area contributed by atoms with Crippen molar-refractivity contribution in [2.45, 2.75) is 52.7 Å². The Hall–Kier alpha value is -1.06. The van der Waals surface area contributed by atoms with Crippen molar-refractivity contribution < 1.29 is 4.74 Å². The van der Waals surface area contributed by atoms with E-state index in [1.807, 2.05) is 0 Å². The maximum absolute atomic E-state index is 5.81. The fourth-order valence-corrected chi connectivity index (χ4v) is 3.12. The number of aryl methyl sites for hydroxylation is 1. The minimum absolute atomic E-state index is 0.397. The Balaban J connectivity index is 1.99. The third kappa shape index (κ3) is 4.72. The molecule has 1 aromatic carbocycles. The third-order valence-electron chi connectivity index (χ3n) is 4.14. The summed E-state index contributed by atoms with van der Waals surface area (Å²) in [5.41, 5.74) is 4.13. The van der Waals surface area contributed by atoms with Crippen LogP contribution in [-0.2, 0) is 11.3 Å². The molecule has 1 saturated heterocycles. The van der Waals surface area contributed by atoms with Crippen LogP contribution in [0.2, 0.25) is 0 Å². The maximum atomic E-state index is 5.81. The van der Waals surface area contributed by atoms with E-state index in [1.54, 1.807) is 0 Å². The fourth-order valence-electron chi connectivity index (χ4n) is 3.12. The number of nitrogens with one attached hydrogen (secondary N) is 1. The van der Waals surface area contributed by atoms with Gasteiger partial charge in [0.2, 0.25) is 0 Å². The fraction of sp³-hybridized carbons (Fsp3) is 0.667. The molecule has 0 saturated carbocycles. The molecule has 1 N–H and O–H groups in total. The maximum Gasteiger partial charge on any atom is 0.0750 e. The van der Waals surface area contributed by atoms with E-state index in [9.17, 15) is 0 Å². The molecule has 0 bridgehead atoms. The highest BCUT2D eigenvalue weighted by molar-refractivity contribution is 5.55. The molecular weight excluding hydrogens is 260 g/mol. The van der Waals surface area contributed by atoms with Crippen LogP contribution in [0.1, 0.15) is 44.2 Å². The molecular formula is C18H30N2O. The lowest BCUT2D eigenvalue weighted by Gasteiger charge is -2.35. The van der Waals surface area contributed by atoms with Gasteiger partial charge in [-0.2, -0.15) is 0 Å². The molecule has 3 heteroatoms. The molecule has 1 aliphatic heterocycles. The second-order valence-corrected chi connectivity index (χ2v) is 5.96. The van der Waals surface area contributed by atoms with Gasteiger partial charge in [-0.15, -0.1) is 0 Å². The Kier molecular flexibility index (Phi) is 6.52. The van der Waals surface area contributed by atoms with Crippen molar-refractivity contribution in [3.8, 4) is 0 Å². The highest BCUT2D eigenvalue weighted by Crippen LogP contribution is 2.25. The van der Waals surface area contributed by atoms with Gasteiger partial charge >= 0.3 is 0 Å². The summed E-state index contributed by atoms with van der Waals surface area (Å²) in [6, 6.07) is 6.87. The van der Waals surface area contributed by atoms with E-state index in [2.05, 4.69) is 49.2 Å². The van der Waals surface area contributed by atoms with Crippen LogP contribution < -0.4 is 10.2 Å². The predicted octanol–water partition coefficient (Wildman–Crippen LogP) is 3.50. The summed E-state index contributed by atoms with van der Waals surface area (Å²) in [7, 11) is 0. The first kappa shape index (κ1) is 16.3. The van der Waals surface area contributed by atoms with Crippen molar-refractivity contribution in [2.24, 2.45) is 0 Å². The molecule has 0 aliphatic carbocycles. The Morgan fingerprint density at radius 2 is 2.19 bits per heavy atom. The second-order valence-electron chi connectivity index (χ2n) is 5.96. The van der Waals surface area contributed by atoms with Crippen LogP contribution in [0.25, 0.3) is 0 Å². The summed E-state index contributed by atoms with van der Waals surface area (Å²) in [5.74, 6) is 0. The van der Waals surface area contributed by atoms with Crippen molar-refractivity contribution >= 4 is 5.69 Å². The molecule has 1 fully saturated rings. The largest absolute Gasteiger partial charge is 0.377 e. The normalized spacial score (nSPS) is 19.0. The average molecular weight is 290 g/mol. The molecule has 1 atom stereocenters. The Labute approximate surface area is 129 Å². The standard InChI is InChI=1S/C18H30N2O/c1-4-10-19-13-16-8-9-18(15(3)12-16)20-11-6-7-17(14-20)21-5-2/h8-9,12,17,19H,4-7,10-11,13-14H2,1-3H3. The molecule has 0 radical (unpaired) electrons. The van der Waals surface area contributed by atoms with Crippen LogP contribution in [-0.4, -0.2) is 32.3 Å². The number of hydrogen-bond donors (Lipinski definition) is 1. The molecule has 2 rings (SSSR count). The molecule has 3 nitrogen and oxygen atoms in total. The molecule has 1 unspecified atom stereocenters. The van der Waals surface area contributed by atoms with E-state index in [0.29, 0.717) is 6.10 Å². The predicted molar refractivity (Wildman–Crippen MR) is 90.0 cm³/mol. The van der Waals surface area contributed by atoms with E-state index in [1.165, 1.54) is 36.1 Å². The van der Waals surface area contributed by atoms with Gasteiger partial charge in [0.15, 0.2) is 0 Å².